The lowest BCUT2D eigenvalue weighted by atomic mass is 9.95. The molecule has 2 heterocycles. The van der Waals surface area contributed by atoms with E-state index >= 15 is 0 Å². The first-order chi connectivity index (χ1) is 19.8. The van der Waals surface area contributed by atoms with Gasteiger partial charge >= 0.3 is 5.97 Å². The van der Waals surface area contributed by atoms with Crippen LogP contribution in [-0.4, -0.2) is 17.6 Å². The van der Waals surface area contributed by atoms with Crippen molar-refractivity contribution in [2.75, 3.05) is 7.11 Å². The third-order valence-electron chi connectivity index (χ3n) is 6.56. The average Bonchev–Trinajstić information content (AvgIpc) is 3.30. The number of fused-ring (bicyclic) bond motifs is 1. The Morgan fingerprint density at radius 1 is 1.15 bits per heavy atom. The highest BCUT2D eigenvalue weighted by atomic mass is 79.9. The van der Waals surface area contributed by atoms with Gasteiger partial charge in [0.1, 0.15) is 12.4 Å². The number of ether oxygens (including phenoxy) is 2. The molecule has 10 heteroatoms. The molecule has 1 aliphatic rings. The van der Waals surface area contributed by atoms with E-state index in [1.807, 2.05) is 61.5 Å². The van der Waals surface area contributed by atoms with Crippen molar-refractivity contribution in [3.05, 3.63) is 129 Å². The number of nitriles is 1. The number of rotatable bonds is 7. The van der Waals surface area contributed by atoms with Crippen molar-refractivity contribution < 1.29 is 14.3 Å². The Morgan fingerprint density at radius 3 is 2.54 bits per heavy atom. The predicted octanol–water partition coefficient (Wildman–Crippen LogP) is 5.77. The molecule has 0 radical (unpaired) electrons. The van der Waals surface area contributed by atoms with E-state index in [0.717, 1.165) is 15.6 Å². The number of aromatic nitrogens is 1. The maximum Gasteiger partial charge on any atom is 0.338 e. The van der Waals surface area contributed by atoms with Crippen LogP contribution in [0.15, 0.2) is 96.7 Å². The minimum absolute atomic E-state index is 0.268. The van der Waals surface area contributed by atoms with Crippen LogP contribution in [0, 0.1) is 11.3 Å². The molecule has 206 valence electrons. The Labute approximate surface area is 257 Å². The van der Waals surface area contributed by atoms with Gasteiger partial charge in [-0.2, -0.15) is 5.26 Å². The smallest absolute Gasteiger partial charge is 0.338 e. The SMILES string of the molecule is CCC1=C(C(=O)OC)[C@H](c2ccccc2)n2c(s/c(=C/c3cc(Br)cc(Br)c3OCc3ccc(C#N)cc3)c2=O)=N1. The van der Waals surface area contributed by atoms with Crippen LogP contribution >= 0.6 is 43.2 Å². The highest BCUT2D eigenvalue weighted by Crippen LogP contribution is 2.35. The number of allylic oxidation sites excluding steroid dienone is 1. The number of hydrogen-bond donors (Lipinski definition) is 0. The largest absolute Gasteiger partial charge is 0.487 e. The average molecular weight is 693 g/mol. The first kappa shape index (κ1) is 28.7. The van der Waals surface area contributed by atoms with Crippen molar-refractivity contribution in [2.45, 2.75) is 26.0 Å². The third kappa shape index (κ3) is 5.84. The number of methoxy groups -OCH3 is 1. The minimum Gasteiger partial charge on any atom is -0.487 e. The monoisotopic (exact) mass is 691 g/mol. The summed E-state index contributed by atoms with van der Waals surface area (Å²) in [6.45, 7) is 2.19. The van der Waals surface area contributed by atoms with Crippen molar-refractivity contribution in [1.82, 2.24) is 4.57 Å². The number of halogens is 2. The maximum absolute atomic E-state index is 14.0. The standard InChI is InChI=1S/C31H23Br2N3O4S/c1-3-24-26(30(38)39-2)27(20-7-5-4-6-8-20)36-29(37)25(41-31(36)35-24)14-21-13-22(32)15-23(33)28(21)40-17-19-11-9-18(16-34)10-12-19/h4-15,27H,3,17H2,1-2H3/b25-14+/t27-/m0/s1. The number of esters is 1. The second-order valence-electron chi connectivity index (χ2n) is 9.10. The molecule has 0 saturated heterocycles. The Balaban J connectivity index is 1.64. The van der Waals surface area contributed by atoms with E-state index in [9.17, 15) is 9.59 Å². The second kappa shape index (κ2) is 12.4. The van der Waals surface area contributed by atoms with Gasteiger partial charge in [0.25, 0.3) is 5.56 Å². The van der Waals surface area contributed by atoms with Crippen molar-refractivity contribution >= 4 is 55.2 Å². The number of hydrogen-bond acceptors (Lipinski definition) is 7. The zero-order chi connectivity index (χ0) is 29.1. The molecule has 41 heavy (non-hydrogen) atoms. The molecule has 0 unspecified atom stereocenters. The summed E-state index contributed by atoms with van der Waals surface area (Å²) >= 11 is 8.40. The van der Waals surface area contributed by atoms with Gasteiger partial charge in [-0.25, -0.2) is 9.79 Å². The zero-order valence-corrected chi connectivity index (χ0v) is 26.0. The third-order valence-corrected chi connectivity index (χ3v) is 8.59. The van der Waals surface area contributed by atoms with Gasteiger partial charge in [0.15, 0.2) is 4.80 Å². The first-order valence-corrected chi connectivity index (χ1v) is 15.0. The molecular formula is C31H23Br2N3O4S. The Hall–Kier alpha value is -3.78. The van der Waals surface area contributed by atoms with Gasteiger partial charge in [0, 0.05) is 10.0 Å². The summed E-state index contributed by atoms with van der Waals surface area (Å²) in [5.41, 5.74) is 3.63. The summed E-state index contributed by atoms with van der Waals surface area (Å²) in [5.74, 6) is 0.0515. The van der Waals surface area contributed by atoms with Gasteiger partial charge < -0.3 is 9.47 Å². The fraction of sp³-hybridized carbons (Fsp3) is 0.161. The van der Waals surface area contributed by atoms with Crippen molar-refractivity contribution in [2.24, 2.45) is 4.99 Å². The summed E-state index contributed by atoms with van der Waals surface area (Å²) < 4.78 is 14.9. The first-order valence-electron chi connectivity index (χ1n) is 12.6. The number of carbonyl (C=O) groups excluding carboxylic acids is 1. The lowest BCUT2D eigenvalue weighted by Gasteiger charge is -2.25. The van der Waals surface area contributed by atoms with E-state index in [-0.39, 0.29) is 12.2 Å². The maximum atomic E-state index is 14.0. The second-order valence-corrected chi connectivity index (χ2v) is 11.9. The Kier molecular flexibility index (Phi) is 8.68. The zero-order valence-electron chi connectivity index (χ0n) is 22.1. The molecule has 7 nitrogen and oxygen atoms in total. The summed E-state index contributed by atoms with van der Waals surface area (Å²) in [6, 6.07) is 21.8. The number of thiazole rings is 1. The number of benzene rings is 3. The van der Waals surface area contributed by atoms with Crippen molar-refractivity contribution in [3.8, 4) is 11.8 Å². The molecule has 1 aliphatic heterocycles. The molecule has 0 fully saturated rings. The molecule has 5 rings (SSSR count). The van der Waals surface area contributed by atoms with E-state index in [2.05, 4.69) is 37.9 Å². The van der Waals surface area contributed by atoms with E-state index < -0.39 is 12.0 Å². The van der Waals surface area contributed by atoms with Crippen LogP contribution in [-0.2, 0) is 16.1 Å². The molecule has 0 amide bonds. The van der Waals surface area contributed by atoms with E-state index in [1.54, 1.807) is 22.8 Å². The van der Waals surface area contributed by atoms with Gasteiger partial charge in [-0.05, 0) is 63.8 Å². The molecule has 0 bridgehead atoms. The van der Waals surface area contributed by atoms with Crippen LogP contribution in [0.4, 0.5) is 0 Å². The van der Waals surface area contributed by atoms with Crippen LogP contribution in [0.2, 0.25) is 0 Å². The molecule has 3 aromatic carbocycles. The van der Waals surface area contributed by atoms with Gasteiger partial charge in [0.05, 0.1) is 45.1 Å². The normalized spacial score (nSPS) is 14.7. The summed E-state index contributed by atoms with van der Waals surface area (Å²) in [7, 11) is 1.33. The van der Waals surface area contributed by atoms with Crippen molar-refractivity contribution in [3.63, 3.8) is 0 Å². The lowest BCUT2D eigenvalue weighted by Crippen LogP contribution is -2.40. The van der Waals surface area contributed by atoms with Crippen LogP contribution in [0.5, 0.6) is 5.75 Å². The van der Waals surface area contributed by atoms with Crippen molar-refractivity contribution in [1.29, 1.82) is 5.26 Å². The highest BCUT2D eigenvalue weighted by molar-refractivity contribution is 9.11. The Morgan fingerprint density at radius 2 is 1.88 bits per heavy atom. The molecular weight excluding hydrogens is 670 g/mol. The van der Waals surface area contributed by atoms with Gasteiger partial charge in [-0.3, -0.25) is 9.36 Å². The summed E-state index contributed by atoms with van der Waals surface area (Å²) in [6.07, 6.45) is 2.29. The summed E-state index contributed by atoms with van der Waals surface area (Å²) in [4.78, 5) is 32.2. The van der Waals surface area contributed by atoms with Crippen LogP contribution in [0.25, 0.3) is 6.08 Å². The predicted molar refractivity (Wildman–Crippen MR) is 164 cm³/mol. The fourth-order valence-corrected chi connectivity index (χ4v) is 7.01. The topological polar surface area (TPSA) is 93.7 Å². The molecule has 0 N–H and O–H groups in total. The lowest BCUT2D eigenvalue weighted by molar-refractivity contribution is -0.136. The van der Waals surface area contributed by atoms with E-state index in [0.29, 0.717) is 48.4 Å². The molecule has 0 aliphatic carbocycles. The fourth-order valence-electron chi connectivity index (χ4n) is 4.63. The number of carbonyl (C=O) groups is 1. The van der Waals surface area contributed by atoms with Gasteiger partial charge in [-0.15, -0.1) is 0 Å². The van der Waals surface area contributed by atoms with Crippen LogP contribution < -0.4 is 19.6 Å². The number of nitrogens with zero attached hydrogens (tertiary/aromatic N) is 3. The molecule has 1 atom stereocenters. The molecule has 4 aromatic rings. The van der Waals surface area contributed by atoms with Crippen LogP contribution in [0.1, 0.15) is 41.6 Å². The molecule has 1 aromatic heterocycles. The van der Waals surface area contributed by atoms with Gasteiger partial charge in [0.2, 0.25) is 0 Å². The van der Waals surface area contributed by atoms with E-state index in [4.69, 9.17) is 19.7 Å². The molecule has 0 saturated carbocycles. The quantitative estimate of drug-likeness (QED) is 0.229. The Bertz CT molecular complexity index is 1890. The minimum atomic E-state index is -0.668. The van der Waals surface area contributed by atoms with E-state index in [1.165, 1.54) is 18.4 Å². The highest BCUT2D eigenvalue weighted by Gasteiger charge is 2.33. The molecule has 0 spiro atoms. The van der Waals surface area contributed by atoms with Crippen LogP contribution in [0.3, 0.4) is 0 Å². The summed E-state index contributed by atoms with van der Waals surface area (Å²) in [5, 5.41) is 9.07. The van der Waals surface area contributed by atoms with Gasteiger partial charge in [-0.1, -0.05) is 76.7 Å².